The third-order valence-electron chi connectivity index (χ3n) is 6.84. The first-order valence-corrected chi connectivity index (χ1v) is 12.7. The number of aliphatic imine (C=N–C) groups is 1. The highest BCUT2D eigenvalue weighted by Gasteiger charge is 2.31. The summed E-state index contributed by atoms with van der Waals surface area (Å²) in [6.45, 7) is 1.23. The Balaban J connectivity index is 1.36. The van der Waals surface area contributed by atoms with E-state index in [1.165, 1.54) is 0 Å². The quantitative estimate of drug-likeness (QED) is 0.313. The van der Waals surface area contributed by atoms with Crippen LogP contribution in [0.2, 0.25) is 0 Å². The average molecular weight is 519 g/mol. The number of amidine groups is 1. The zero-order valence-corrected chi connectivity index (χ0v) is 21.3. The van der Waals surface area contributed by atoms with Crippen LogP contribution in [-0.2, 0) is 6.54 Å². The van der Waals surface area contributed by atoms with Gasteiger partial charge in [0.05, 0.1) is 41.9 Å². The number of hydrogen-bond donors (Lipinski definition) is 3. The molecule has 1 aromatic carbocycles. The number of nitrogens with one attached hydrogen (secondary N) is 3. The molecule has 194 valence electrons. The van der Waals surface area contributed by atoms with Crippen LogP contribution in [0.15, 0.2) is 84.6 Å². The summed E-state index contributed by atoms with van der Waals surface area (Å²) < 4.78 is 11.8. The number of anilines is 2. The zero-order chi connectivity index (χ0) is 26.2. The lowest BCUT2D eigenvalue weighted by atomic mass is 10.00. The van der Waals surface area contributed by atoms with Crippen molar-refractivity contribution in [2.75, 3.05) is 30.9 Å². The summed E-state index contributed by atoms with van der Waals surface area (Å²) in [5.41, 5.74) is 5.83. The number of rotatable bonds is 2. The summed E-state index contributed by atoms with van der Waals surface area (Å²) in [5, 5.41) is 8.08. The van der Waals surface area contributed by atoms with Crippen molar-refractivity contribution >= 4 is 28.2 Å². The first-order valence-electron chi connectivity index (χ1n) is 12.7. The fraction of sp³-hybridized carbons (Fsp3) is 0.172. The third-order valence-corrected chi connectivity index (χ3v) is 6.84. The first-order chi connectivity index (χ1) is 19.2. The number of fused-ring (bicyclic) bond motifs is 5. The van der Waals surface area contributed by atoms with Crippen LogP contribution in [0.25, 0.3) is 22.0 Å². The number of nitrogens with zero attached hydrogens (tertiary/aromatic N) is 5. The normalized spacial score (nSPS) is 16.5. The monoisotopic (exact) mass is 518 g/mol. The van der Waals surface area contributed by atoms with E-state index in [1.807, 2.05) is 49.8 Å². The fourth-order valence-electron chi connectivity index (χ4n) is 4.93. The molecule has 0 saturated heterocycles. The maximum absolute atomic E-state index is 5.93. The predicted molar refractivity (Wildman–Crippen MR) is 150 cm³/mol. The van der Waals surface area contributed by atoms with Gasteiger partial charge in [0.25, 0.3) is 0 Å². The Hall–Kier alpha value is -5.12. The molecule has 6 heterocycles. The van der Waals surface area contributed by atoms with Crippen LogP contribution in [0.3, 0.4) is 0 Å². The molecule has 0 radical (unpaired) electrons. The lowest BCUT2D eigenvalue weighted by Gasteiger charge is -2.37. The Labute approximate surface area is 224 Å². The number of pyridine rings is 3. The molecule has 1 unspecified atom stereocenters. The molecule has 0 saturated carbocycles. The minimum Gasteiger partial charge on any atom is -0.488 e. The maximum atomic E-state index is 5.93. The van der Waals surface area contributed by atoms with E-state index < -0.39 is 0 Å². The van der Waals surface area contributed by atoms with E-state index in [2.05, 4.69) is 47.6 Å². The van der Waals surface area contributed by atoms with Crippen LogP contribution in [-0.4, -0.2) is 57.2 Å². The first kappa shape index (κ1) is 23.0. The SMILES string of the molecule is CN1C2=NCc3cncc(c3)OCCOc3cnc4ccc(cc4c3)-c3c[nH]c(c32)NC1Nc1cccnc1. The molecule has 1 atom stereocenters. The van der Waals surface area contributed by atoms with Crippen LogP contribution in [0.1, 0.15) is 11.1 Å². The zero-order valence-electron chi connectivity index (χ0n) is 21.3. The summed E-state index contributed by atoms with van der Waals surface area (Å²) in [6.07, 6.45) is 10.6. The van der Waals surface area contributed by atoms with Gasteiger partial charge in [-0.15, -0.1) is 0 Å². The van der Waals surface area contributed by atoms with E-state index in [4.69, 9.17) is 14.5 Å². The predicted octanol–water partition coefficient (Wildman–Crippen LogP) is 4.49. The molecule has 2 aliphatic rings. The Morgan fingerprint density at radius 1 is 0.974 bits per heavy atom. The molecule has 10 heteroatoms. The molecule has 5 bridgehead atoms. The Morgan fingerprint density at radius 2 is 1.87 bits per heavy atom. The van der Waals surface area contributed by atoms with Crippen molar-refractivity contribution in [2.45, 2.75) is 12.8 Å². The van der Waals surface area contributed by atoms with Crippen molar-refractivity contribution in [3.05, 3.63) is 90.8 Å². The Morgan fingerprint density at radius 3 is 2.74 bits per heavy atom. The van der Waals surface area contributed by atoms with Crippen molar-refractivity contribution in [2.24, 2.45) is 4.99 Å². The molecule has 39 heavy (non-hydrogen) atoms. The van der Waals surface area contributed by atoms with Crippen molar-refractivity contribution in [1.82, 2.24) is 24.8 Å². The van der Waals surface area contributed by atoms with Crippen molar-refractivity contribution in [3.63, 3.8) is 0 Å². The van der Waals surface area contributed by atoms with Crippen LogP contribution < -0.4 is 20.1 Å². The summed E-state index contributed by atoms with van der Waals surface area (Å²) in [6, 6.07) is 14.1. The van der Waals surface area contributed by atoms with Gasteiger partial charge in [0.1, 0.15) is 36.4 Å². The topological polar surface area (TPSA) is 113 Å². The van der Waals surface area contributed by atoms with Crippen LogP contribution >= 0.6 is 0 Å². The Bertz CT molecular complexity index is 1680. The molecule has 5 aromatic rings. The number of hydrogen-bond acceptors (Lipinski definition) is 9. The number of benzene rings is 1. The van der Waals surface area contributed by atoms with Gasteiger partial charge in [-0.3, -0.25) is 19.9 Å². The third kappa shape index (κ3) is 4.46. The highest BCUT2D eigenvalue weighted by Crippen LogP contribution is 2.36. The number of H-pyrrole nitrogens is 1. The second-order valence-corrected chi connectivity index (χ2v) is 9.44. The molecular formula is C29H26N8O2. The minimum atomic E-state index is -0.255. The summed E-state index contributed by atoms with van der Waals surface area (Å²) in [4.78, 5) is 23.8. The van der Waals surface area contributed by atoms with Gasteiger partial charge in [-0.2, -0.15) is 0 Å². The second kappa shape index (κ2) is 9.64. The molecule has 10 nitrogen and oxygen atoms in total. The molecule has 0 amide bonds. The molecule has 0 spiro atoms. The summed E-state index contributed by atoms with van der Waals surface area (Å²) in [5.74, 6) is 3.10. The van der Waals surface area contributed by atoms with Gasteiger partial charge in [0.2, 0.25) is 0 Å². The molecule has 4 aromatic heterocycles. The lowest BCUT2D eigenvalue weighted by Crippen LogP contribution is -2.51. The molecular weight excluding hydrogens is 492 g/mol. The fourth-order valence-corrected chi connectivity index (χ4v) is 4.93. The molecule has 2 aliphatic heterocycles. The van der Waals surface area contributed by atoms with Crippen LogP contribution in [0.5, 0.6) is 11.5 Å². The lowest BCUT2D eigenvalue weighted by molar-refractivity contribution is 0.216. The van der Waals surface area contributed by atoms with Crippen molar-refractivity contribution in [3.8, 4) is 22.6 Å². The van der Waals surface area contributed by atoms with Gasteiger partial charge in [0, 0.05) is 36.6 Å². The minimum absolute atomic E-state index is 0.255. The smallest absolute Gasteiger partial charge is 0.178 e. The van der Waals surface area contributed by atoms with Gasteiger partial charge in [0.15, 0.2) is 6.29 Å². The van der Waals surface area contributed by atoms with Gasteiger partial charge in [-0.25, -0.2) is 0 Å². The molecule has 0 fully saturated rings. The Kier molecular flexibility index (Phi) is 5.69. The summed E-state index contributed by atoms with van der Waals surface area (Å²) in [7, 11) is 2.02. The standard InChI is InChI=1S/C29H26N8O2/c1-37-28-26-24(17-33-27(26)36-29(37)35-21-3-2-6-30-14-21)19-4-5-25-20(10-19)11-23(16-32-25)39-8-7-38-22-9-18(13-34-28)12-31-15-22/h2-6,9-12,14-17,29,33,35-36H,7-8,13H2,1H3. The van der Waals surface area contributed by atoms with E-state index >= 15 is 0 Å². The second-order valence-electron chi connectivity index (χ2n) is 9.44. The largest absolute Gasteiger partial charge is 0.488 e. The van der Waals surface area contributed by atoms with E-state index in [-0.39, 0.29) is 6.29 Å². The molecule has 3 N–H and O–H groups in total. The maximum Gasteiger partial charge on any atom is 0.178 e. The van der Waals surface area contributed by atoms with Gasteiger partial charge >= 0.3 is 0 Å². The number of aromatic amines is 1. The van der Waals surface area contributed by atoms with Crippen molar-refractivity contribution in [1.29, 1.82) is 0 Å². The van der Waals surface area contributed by atoms with E-state index in [9.17, 15) is 0 Å². The number of ether oxygens (including phenoxy) is 2. The highest BCUT2D eigenvalue weighted by atomic mass is 16.5. The van der Waals surface area contributed by atoms with Crippen LogP contribution in [0.4, 0.5) is 11.5 Å². The molecule has 7 rings (SSSR count). The van der Waals surface area contributed by atoms with Crippen molar-refractivity contribution < 1.29 is 9.47 Å². The number of aromatic nitrogens is 4. The van der Waals surface area contributed by atoms with E-state index in [0.29, 0.717) is 31.3 Å². The average Bonchev–Trinajstić information content (AvgIpc) is 3.39. The van der Waals surface area contributed by atoms with Gasteiger partial charge in [-0.05, 0) is 47.5 Å². The van der Waals surface area contributed by atoms with Gasteiger partial charge < -0.3 is 30.0 Å². The van der Waals surface area contributed by atoms with E-state index in [0.717, 1.165) is 50.5 Å². The molecule has 0 aliphatic carbocycles. The van der Waals surface area contributed by atoms with E-state index in [1.54, 1.807) is 24.8 Å². The van der Waals surface area contributed by atoms with Gasteiger partial charge in [-0.1, -0.05) is 6.07 Å². The highest BCUT2D eigenvalue weighted by molar-refractivity contribution is 6.10. The summed E-state index contributed by atoms with van der Waals surface area (Å²) >= 11 is 0. The van der Waals surface area contributed by atoms with Crippen LogP contribution in [0, 0.1) is 0 Å².